The van der Waals surface area contributed by atoms with E-state index < -0.39 is 0 Å². The third-order valence-corrected chi connectivity index (χ3v) is 5.15. The second kappa shape index (κ2) is 9.51. The average molecular weight is 380 g/mol. The molecule has 2 N–H and O–H groups in total. The van der Waals surface area contributed by atoms with Gasteiger partial charge in [-0.2, -0.15) is 0 Å². The average Bonchev–Trinajstić information content (AvgIpc) is 2.72. The zero-order valence-corrected chi connectivity index (χ0v) is 16.7. The molecular formula is C23H29N3O2. The molecule has 2 amide bonds. The van der Waals surface area contributed by atoms with Gasteiger partial charge in [0.05, 0.1) is 5.92 Å². The number of anilines is 1. The molecule has 0 bridgehead atoms. The Morgan fingerprint density at radius 1 is 1.14 bits per heavy atom. The third-order valence-electron chi connectivity index (χ3n) is 5.15. The quantitative estimate of drug-likeness (QED) is 0.806. The van der Waals surface area contributed by atoms with Crippen molar-refractivity contribution in [1.82, 2.24) is 10.2 Å². The molecule has 5 nitrogen and oxygen atoms in total. The number of carbonyl (C=O) groups is 2. The van der Waals surface area contributed by atoms with Crippen LogP contribution in [-0.4, -0.2) is 36.3 Å². The number of nitrogens with one attached hydrogen (secondary N) is 2. The van der Waals surface area contributed by atoms with E-state index in [1.54, 1.807) is 4.90 Å². The summed E-state index contributed by atoms with van der Waals surface area (Å²) in [6.45, 7) is 6.93. The predicted molar refractivity (Wildman–Crippen MR) is 112 cm³/mol. The molecule has 2 aromatic carbocycles. The number of rotatable bonds is 6. The largest absolute Gasteiger partial charge is 0.338 e. The van der Waals surface area contributed by atoms with Crippen LogP contribution in [0.3, 0.4) is 0 Å². The van der Waals surface area contributed by atoms with E-state index >= 15 is 0 Å². The van der Waals surface area contributed by atoms with Gasteiger partial charge in [0, 0.05) is 30.9 Å². The van der Waals surface area contributed by atoms with Crippen molar-refractivity contribution in [2.24, 2.45) is 5.92 Å². The molecule has 0 spiro atoms. The lowest BCUT2D eigenvalue weighted by molar-refractivity contribution is -0.121. The second-order valence-electron chi connectivity index (χ2n) is 7.43. The third kappa shape index (κ3) is 5.20. The van der Waals surface area contributed by atoms with Crippen molar-refractivity contribution < 1.29 is 9.59 Å². The van der Waals surface area contributed by atoms with Crippen molar-refractivity contribution in [2.75, 3.05) is 25.0 Å². The van der Waals surface area contributed by atoms with E-state index in [4.69, 9.17) is 0 Å². The lowest BCUT2D eigenvalue weighted by Gasteiger charge is -2.32. The van der Waals surface area contributed by atoms with Crippen LogP contribution in [0.5, 0.6) is 0 Å². The van der Waals surface area contributed by atoms with E-state index in [2.05, 4.69) is 17.6 Å². The van der Waals surface area contributed by atoms with Gasteiger partial charge < -0.3 is 15.5 Å². The molecule has 1 aliphatic heterocycles. The van der Waals surface area contributed by atoms with Crippen LogP contribution in [0.4, 0.5) is 5.69 Å². The number of aryl methyl sites for hydroxylation is 1. The number of piperidine rings is 1. The number of carbonyl (C=O) groups excluding carboxylic acids is 2. The Kier molecular flexibility index (Phi) is 6.82. The van der Waals surface area contributed by atoms with Crippen LogP contribution in [-0.2, 0) is 11.3 Å². The molecule has 1 aliphatic rings. The molecule has 1 fully saturated rings. The first kappa shape index (κ1) is 20.1. The van der Waals surface area contributed by atoms with Gasteiger partial charge in [0.25, 0.3) is 5.91 Å². The van der Waals surface area contributed by atoms with Gasteiger partial charge in [-0.05, 0) is 56.1 Å². The Hall–Kier alpha value is -2.66. The summed E-state index contributed by atoms with van der Waals surface area (Å²) in [7, 11) is 0. The van der Waals surface area contributed by atoms with Gasteiger partial charge in [0.2, 0.25) is 5.91 Å². The highest BCUT2D eigenvalue weighted by atomic mass is 16.2. The van der Waals surface area contributed by atoms with Crippen molar-refractivity contribution in [3.8, 4) is 0 Å². The van der Waals surface area contributed by atoms with Crippen LogP contribution in [0.15, 0.2) is 48.5 Å². The summed E-state index contributed by atoms with van der Waals surface area (Å²) in [5, 5.41) is 6.32. The van der Waals surface area contributed by atoms with Gasteiger partial charge >= 0.3 is 0 Å². The standard InChI is InChI=1S/C23H29N3O2/c1-3-24-15-18-6-4-8-21(14-18)25-22(27)20-7-5-13-26(16-20)23(28)19-11-9-17(2)10-12-19/h4,6,8-12,14,20,24H,3,5,7,13,15-16H2,1-2H3,(H,25,27). The van der Waals surface area contributed by atoms with Crippen LogP contribution in [0, 0.1) is 12.8 Å². The maximum Gasteiger partial charge on any atom is 0.253 e. The van der Waals surface area contributed by atoms with Crippen molar-refractivity contribution in [2.45, 2.75) is 33.2 Å². The van der Waals surface area contributed by atoms with Crippen molar-refractivity contribution in [1.29, 1.82) is 0 Å². The first-order chi connectivity index (χ1) is 13.6. The monoisotopic (exact) mass is 379 g/mol. The van der Waals surface area contributed by atoms with E-state index in [-0.39, 0.29) is 17.7 Å². The molecule has 0 aliphatic carbocycles. The number of hydrogen-bond acceptors (Lipinski definition) is 3. The lowest BCUT2D eigenvalue weighted by atomic mass is 9.96. The number of amides is 2. The molecule has 28 heavy (non-hydrogen) atoms. The zero-order chi connectivity index (χ0) is 19.9. The highest BCUT2D eigenvalue weighted by Gasteiger charge is 2.29. The summed E-state index contributed by atoms with van der Waals surface area (Å²) in [6.07, 6.45) is 1.65. The van der Waals surface area contributed by atoms with Gasteiger partial charge in [-0.25, -0.2) is 0 Å². The maximum absolute atomic E-state index is 12.8. The topological polar surface area (TPSA) is 61.4 Å². The van der Waals surface area contributed by atoms with Gasteiger partial charge in [-0.1, -0.05) is 36.8 Å². The van der Waals surface area contributed by atoms with Gasteiger partial charge in [-0.15, -0.1) is 0 Å². The van der Waals surface area contributed by atoms with Gasteiger partial charge in [0.15, 0.2) is 0 Å². The Morgan fingerprint density at radius 3 is 2.68 bits per heavy atom. The SMILES string of the molecule is CCNCc1cccc(NC(=O)C2CCCN(C(=O)c3ccc(C)cc3)C2)c1. The summed E-state index contributed by atoms with van der Waals surface area (Å²) >= 11 is 0. The Labute approximate surface area is 167 Å². The zero-order valence-electron chi connectivity index (χ0n) is 16.7. The van der Waals surface area contributed by atoms with Gasteiger partial charge in [-0.3, -0.25) is 9.59 Å². The molecule has 0 aromatic heterocycles. The number of likely N-dealkylation sites (tertiary alicyclic amines) is 1. The molecule has 148 valence electrons. The predicted octanol–water partition coefficient (Wildman–Crippen LogP) is 3.60. The van der Waals surface area contributed by atoms with E-state index in [0.717, 1.165) is 42.7 Å². The molecular weight excluding hydrogens is 350 g/mol. The fraction of sp³-hybridized carbons (Fsp3) is 0.391. The highest BCUT2D eigenvalue weighted by Crippen LogP contribution is 2.21. The number of nitrogens with zero attached hydrogens (tertiary/aromatic N) is 1. The lowest BCUT2D eigenvalue weighted by Crippen LogP contribution is -2.43. The minimum atomic E-state index is -0.180. The van der Waals surface area contributed by atoms with Crippen LogP contribution >= 0.6 is 0 Å². The first-order valence-corrected chi connectivity index (χ1v) is 10.0. The van der Waals surface area contributed by atoms with Crippen LogP contribution in [0.1, 0.15) is 41.3 Å². The van der Waals surface area contributed by atoms with Crippen molar-refractivity contribution in [3.05, 3.63) is 65.2 Å². The van der Waals surface area contributed by atoms with Crippen molar-refractivity contribution >= 4 is 17.5 Å². The molecule has 1 unspecified atom stereocenters. The summed E-state index contributed by atoms with van der Waals surface area (Å²) in [5.41, 5.74) is 3.76. The Morgan fingerprint density at radius 2 is 1.93 bits per heavy atom. The van der Waals surface area contributed by atoms with Gasteiger partial charge in [0.1, 0.15) is 0 Å². The Balaban J connectivity index is 1.61. The molecule has 1 saturated heterocycles. The maximum atomic E-state index is 12.8. The summed E-state index contributed by atoms with van der Waals surface area (Å²) in [4.78, 5) is 27.4. The van der Waals surface area contributed by atoms with E-state index in [9.17, 15) is 9.59 Å². The molecule has 5 heteroatoms. The smallest absolute Gasteiger partial charge is 0.253 e. The molecule has 1 atom stereocenters. The molecule has 0 radical (unpaired) electrons. The molecule has 0 saturated carbocycles. The summed E-state index contributed by atoms with van der Waals surface area (Å²) in [5.74, 6) is -0.187. The van der Waals surface area contributed by atoms with Crippen LogP contribution < -0.4 is 10.6 Å². The van der Waals surface area contributed by atoms with Crippen molar-refractivity contribution in [3.63, 3.8) is 0 Å². The van der Waals surface area contributed by atoms with E-state index in [1.165, 1.54) is 0 Å². The fourth-order valence-corrected chi connectivity index (χ4v) is 3.53. The fourth-order valence-electron chi connectivity index (χ4n) is 3.53. The minimum absolute atomic E-state index is 0.00476. The first-order valence-electron chi connectivity index (χ1n) is 10.0. The molecule has 2 aromatic rings. The minimum Gasteiger partial charge on any atom is -0.338 e. The number of hydrogen-bond donors (Lipinski definition) is 2. The molecule has 1 heterocycles. The summed E-state index contributed by atoms with van der Waals surface area (Å²) < 4.78 is 0. The Bertz CT molecular complexity index is 817. The van der Waals surface area contributed by atoms with Crippen LogP contribution in [0.2, 0.25) is 0 Å². The summed E-state index contributed by atoms with van der Waals surface area (Å²) in [6, 6.07) is 15.5. The number of benzene rings is 2. The van der Waals surface area contributed by atoms with E-state index in [1.807, 2.05) is 55.5 Å². The van der Waals surface area contributed by atoms with E-state index in [0.29, 0.717) is 18.7 Å². The normalized spacial score (nSPS) is 16.6. The second-order valence-corrected chi connectivity index (χ2v) is 7.43. The van der Waals surface area contributed by atoms with Crippen LogP contribution in [0.25, 0.3) is 0 Å². The highest BCUT2D eigenvalue weighted by molar-refractivity contribution is 5.96. The molecule has 3 rings (SSSR count).